The van der Waals surface area contributed by atoms with Gasteiger partial charge in [-0.2, -0.15) is 0 Å². The van der Waals surface area contributed by atoms with Crippen molar-refractivity contribution in [3.8, 4) is 0 Å². The molecular formula is C30H42O13. The predicted octanol–water partition coefficient (Wildman–Crippen LogP) is 1.29. The molecule has 4 rings (SSSR count). The van der Waals surface area contributed by atoms with E-state index in [4.69, 9.17) is 28.4 Å². The van der Waals surface area contributed by atoms with E-state index in [9.17, 15) is 34.2 Å². The summed E-state index contributed by atoms with van der Waals surface area (Å²) in [5.41, 5.74) is -5.73. The predicted molar refractivity (Wildman–Crippen MR) is 145 cm³/mol. The third-order valence-electron chi connectivity index (χ3n) is 9.97. The van der Waals surface area contributed by atoms with Crippen molar-refractivity contribution in [1.29, 1.82) is 0 Å². The fourth-order valence-electron chi connectivity index (χ4n) is 8.10. The number of carbonyl (C=O) groups is 5. The summed E-state index contributed by atoms with van der Waals surface area (Å²) in [6, 6.07) is 0. The van der Waals surface area contributed by atoms with Gasteiger partial charge in [0.25, 0.3) is 0 Å². The van der Waals surface area contributed by atoms with E-state index in [0.29, 0.717) is 5.57 Å². The molecule has 3 aliphatic carbocycles. The molecule has 240 valence electrons. The lowest BCUT2D eigenvalue weighted by Crippen LogP contribution is -2.76. The molecule has 0 aromatic heterocycles. The monoisotopic (exact) mass is 610 g/mol. The molecule has 2 bridgehead atoms. The van der Waals surface area contributed by atoms with Crippen molar-refractivity contribution in [3.05, 3.63) is 11.1 Å². The maximum Gasteiger partial charge on any atom is 0.303 e. The van der Waals surface area contributed by atoms with E-state index in [0.717, 1.165) is 6.92 Å². The molecule has 2 saturated carbocycles. The molecule has 1 spiro atoms. The Bertz CT molecular complexity index is 1250. The van der Waals surface area contributed by atoms with Gasteiger partial charge in [-0.3, -0.25) is 24.0 Å². The van der Waals surface area contributed by atoms with E-state index in [2.05, 4.69) is 0 Å². The fraction of sp³-hybridized carbons (Fsp3) is 0.767. The highest BCUT2D eigenvalue weighted by Gasteiger charge is 2.79. The Kier molecular flexibility index (Phi) is 8.29. The molecule has 1 aliphatic heterocycles. The number of epoxide rings is 1. The van der Waals surface area contributed by atoms with Gasteiger partial charge in [-0.25, -0.2) is 0 Å². The SMILES string of the molecule is CC(=O)O[C@H]1C[C@@]2(O)[C@@H](OC(C)=O)[C@H]3[C@]4(CO4)[C@@H](O)C[C@@H](OC(C)=O)[C@]3(C)[C@@H](OC(C)=O)[C@H](OC(C)=O)C(=C1C)C2(C)C. The number of hydrogen-bond donors (Lipinski definition) is 2. The molecule has 13 heteroatoms. The molecule has 0 unspecified atom stereocenters. The Balaban J connectivity index is 2.19. The van der Waals surface area contributed by atoms with E-state index in [1.54, 1.807) is 27.7 Å². The van der Waals surface area contributed by atoms with Crippen LogP contribution < -0.4 is 0 Å². The molecule has 2 N–H and O–H groups in total. The number of esters is 5. The third kappa shape index (κ3) is 5.12. The first-order chi connectivity index (χ1) is 19.7. The van der Waals surface area contributed by atoms with Crippen LogP contribution in [-0.4, -0.2) is 94.5 Å². The first-order valence-corrected chi connectivity index (χ1v) is 14.4. The maximum absolute atomic E-state index is 12.9. The summed E-state index contributed by atoms with van der Waals surface area (Å²) >= 11 is 0. The Morgan fingerprint density at radius 2 is 1.28 bits per heavy atom. The lowest BCUT2D eigenvalue weighted by atomic mass is 9.45. The van der Waals surface area contributed by atoms with Crippen LogP contribution in [0.1, 0.15) is 75.2 Å². The summed E-state index contributed by atoms with van der Waals surface area (Å²) in [6.45, 7) is 12.5. The van der Waals surface area contributed by atoms with Crippen LogP contribution in [0.25, 0.3) is 0 Å². The van der Waals surface area contributed by atoms with Crippen LogP contribution in [0.15, 0.2) is 11.1 Å². The summed E-state index contributed by atoms with van der Waals surface area (Å²) in [5, 5.41) is 24.4. The molecule has 1 saturated heterocycles. The molecular weight excluding hydrogens is 568 g/mol. The van der Waals surface area contributed by atoms with Gasteiger partial charge in [0, 0.05) is 58.8 Å². The first-order valence-electron chi connectivity index (χ1n) is 14.4. The zero-order valence-electron chi connectivity index (χ0n) is 26.0. The van der Waals surface area contributed by atoms with Crippen LogP contribution >= 0.6 is 0 Å². The van der Waals surface area contributed by atoms with Crippen LogP contribution in [0.3, 0.4) is 0 Å². The zero-order valence-corrected chi connectivity index (χ0v) is 26.0. The molecule has 10 atom stereocenters. The normalized spacial score (nSPS) is 41.1. The van der Waals surface area contributed by atoms with Gasteiger partial charge in [0.15, 0.2) is 12.2 Å². The standard InChI is InChI=1S/C30H42O13/c1-13-19(39-14(2)31)11-30(37)26(43-18(6)35)24-28(9,21(40-15(3)32)10-20(36)29(24)12-38-29)25(42-17(5)34)23(41-16(4)33)22(13)27(30,7)8/h19-21,23-26,36-37H,10-12H2,1-9H3/t19-,20-,21+,23+,24+,25-,26-,28-,29-,30+/m0/s1. The Labute approximate surface area is 250 Å². The van der Waals surface area contributed by atoms with Crippen molar-refractivity contribution in [2.45, 2.75) is 123 Å². The summed E-state index contributed by atoms with van der Waals surface area (Å²) in [7, 11) is 0. The molecule has 13 nitrogen and oxygen atoms in total. The van der Waals surface area contributed by atoms with Gasteiger partial charge in [-0.1, -0.05) is 20.8 Å². The van der Waals surface area contributed by atoms with Crippen LogP contribution in [0, 0.1) is 16.7 Å². The minimum absolute atomic E-state index is 0.0182. The third-order valence-corrected chi connectivity index (χ3v) is 9.97. The molecule has 0 aromatic carbocycles. The number of hydrogen-bond acceptors (Lipinski definition) is 13. The van der Waals surface area contributed by atoms with E-state index >= 15 is 0 Å². The van der Waals surface area contributed by atoms with Gasteiger partial charge >= 0.3 is 29.8 Å². The highest BCUT2D eigenvalue weighted by molar-refractivity contribution is 5.70. The number of carbonyl (C=O) groups excluding carboxylic acids is 5. The summed E-state index contributed by atoms with van der Waals surface area (Å²) in [6.07, 6.45) is -8.19. The van der Waals surface area contributed by atoms with Gasteiger partial charge in [0.1, 0.15) is 29.5 Å². The molecule has 0 radical (unpaired) electrons. The van der Waals surface area contributed by atoms with Gasteiger partial charge in [0.2, 0.25) is 0 Å². The second-order valence-electron chi connectivity index (χ2n) is 13.0. The topological polar surface area (TPSA) is 184 Å². The van der Waals surface area contributed by atoms with E-state index < -0.39 is 94.4 Å². The average molecular weight is 611 g/mol. The number of aliphatic hydroxyl groups excluding tert-OH is 1. The van der Waals surface area contributed by atoms with Gasteiger partial charge in [0.05, 0.1) is 18.1 Å². The smallest absolute Gasteiger partial charge is 0.303 e. The number of fused-ring (bicyclic) bond motifs is 4. The van der Waals surface area contributed by atoms with Crippen LogP contribution in [0.2, 0.25) is 0 Å². The Morgan fingerprint density at radius 3 is 1.74 bits per heavy atom. The fourth-order valence-corrected chi connectivity index (χ4v) is 8.10. The van der Waals surface area contributed by atoms with Crippen LogP contribution in [0.4, 0.5) is 0 Å². The second-order valence-corrected chi connectivity index (χ2v) is 13.0. The lowest BCUT2D eigenvalue weighted by molar-refractivity contribution is -0.283. The van der Waals surface area contributed by atoms with Crippen LogP contribution in [0.5, 0.6) is 0 Å². The quantitative estimate of drug-likeness (QED) is 0.197. The summed E-state index contributed by atoms with van der Waals surface area (Å²) in [4.78, 5) is 63.0. The minimum atomic E-state index is -2.05. The largest absolute Gasteiger partial charge is 0.462 e. The van der Waals surface area contributed by atoms with Crippen molar-refractivity contribution in [2.75, 3.05) is 6.61 Å². The Hall–Kier alpha value is -3.03. The minimum Gasteiger partial charge on any atom is -0.462 e. The van der Waals surface area contributed by atoms with Gasteiger partial charge in [-0.05, 0) is 18.1 Å². The molecule has 4 aliphatic rings. The van der Waals surface area contributed by atoms with Crippen LogP contribution in [-0.2, 0) is 52.4 Å². The van der Waals surface area contributed by atoms with Crippen molar-refractivity contribution < 1.29 is 62.6 Å². The van der Waals surface area contributed by atoms with Gasteiger partial charge < -0.3 is 38.6 Å². The van der Waals surface area contributed by atoms with E-state index in [1.807, 2.05) is 0 Å². The van der Waals surface area contributed by atoms with E-state index in [-0.39, 0.29) is 25.0 Å². The lowest BCUT2D eigenvalue weighted by Gasteiger charge is -2.64. The van der Waals surface area contributed by atoms with Crippen molar-refractivity contribution in [3.63, 3.8) is 0 Å². The van der Waals surface area contributed by atoms with Gasteiger partial charge in [-0.15, -0.1) is 0 Å². The highest BCUT2D eigenvalue weighted by atomic mass is 16.6. The van der Waals surface area contributed by atoms with E-state index in [1.165, 1.54) is 27.7 Å². The molecule has 0 aromatic rings. The maximum atomic E-state index is 12.9. The number of ether oxygens (including phenoxy) is 6. The zero-order chi connectivity index (χ0) is 32.4. The number of rotatable bonds is 5. The molecule has 1 heterocycles. The second kappa shape index (κ2) is 10.8. The first kappa shape index (κ1) is 32.9. The summed E-state index contributed by atoms with van der Waals surface area (Å²) in [5.74, 6) is -4.82. The Morgan fingerprint density at radius 1 is 0.791 bits per heavy atom. The summed E-state index contributed by atoms with van der Waals surface area (Å²) < 4.78 is 35.3. The highest BCUT2D eigenvalue weighted by Crippen LogP contribution is 2.66. The van der Waals surface area contributed by atoms with Crippen molar-refractivity contribution in [2.24, 2.45) is 16.7 Å². The number of aliphatic hydroxyl groups is 2. The molecule has 43 heavy (non-hydrogen) atoms. The average Bonchev–Trinajstić information content (AvgIpc) is 3.63. The van der Waals surface area contributed by atoms with Crippen molar-refractivity contribution >= 4 is 29.8 Å². The molecule has 0 amide bonds. The molecule has 3 fully saturated rings. The van der Waals surface area contributed by atoms with Crippen molar-refractivity contribution in [1.82, 2.24) is 0 Å².